The summed E-state index contributed by atoms with van der Waals surface area (Å²) < 4.78 is 25.9. The Hall–Kier alpha value is -1.86. The van der Waals surface area contributed by atoms with Crippen LogP contribution in [-0.4, -0.2) is 49.0 Å². The number of nitrogens with zero attached hydrogens (tertiary/aromatic N) is 1. The lowest BCUT2D eigenvalue weighted by Crippen LogP contribution is -2.36. The maximum Gasteiger partial charge on any atom is 0.224 e. The molecule has 142 valence electrons. The van der Waals surface area contributed by atoms with E-state index in [9.17, 15) is 13.2 Å². The molecule has 0 aliphatic carbocycles. The van der Waals surface area contributed by atoms with Crippen molar-refractivity contribution in [3.8, 4) is 0 Å². The Balaban J connectivity index is 1.65. The molecule has 1 aromatic heterocycles. The third-order valence-electron chi connectivity index (χ3n) is 5.17. The van der Waals surface area contributed by atoms with Crippen molar-refractivity contribution in [3.63, 3.8) is 0 Å². The van der Waals surface area contributed by atoms with E-state index in [0.717, 1.165) is 46.1 Å². The first-order valence-electron chi connectivity index (χ1n) is 9.11. The van der Waals surface area contributed by atoms with Gasteiger partial charge in [-0.15, -0.1) is 0 Å². The molecule has 0 saturated carbocycles. The topological polar surface area (TPSA) is 82.3 Å². The van der Waals surface area contributed by atoms with Gasteiger partial charge in [-0.25, -0.2) is 12.7 Å². The Morgan fingerprint density at radius 1 is 1.15 bits per heavy atom. The van der Waals surface area contributed by atoms with Gasteiger partial charge in [-0.3, -0.25) is 4.79 Å². The normalized spacial score (nSPS) is 15.7. The van der Waals surface area contributed by atoms with Crippen LogP contribution in [0.3, 0.4) is 0 Å². The molecule has 0 spiro atoms. The Morgan fingerprint density at radius 3 is 2.50 bits per heavy atom. The molecule has 7 heteroatoms. The number of aryl methyl sites for hydroxylation is 3. The van der Waals surface area contributed by atoms with Crippen LogP contribution < -0.4 is 5.32 Å². The summed E-state index contributed by atoms with van der Waals surface area (Å²) >= 11 is 0. The summed E-state index contributed by atoms with van der Waals surface area (Å²) in [5.41, 5.74) is 5.33. The van der Waals surface area contributed by atoms with E-state index in [-0.39, 0.29) is 24.6 Å². The highest BCUT2D eigenvalue weighted by molar-refractivity contribution is 7.89. The van der Waals surface area contributed by atoms with E-state index in [0.29, 0.717) is 13.1 Å². The number of H-pyrrole nitrogens is 1. The molecule has 3 rings (SSSR count). The van der Waals surface area contributed by atoms with Crippen molar-refractivity contribution in [2.24, 2.45) is 0 Å². The summed E-state index contributed by atoms with van der Waals surface area (Å²) in [4.78, 5) is 15.8. The van der Waals surface area contributed by atoms with E-state index < -0.39 is 10.0 Å². The van der Waals surface area contributed by atoms with E-state index in [2.05, 4.69) is 22.4 Å². The predicted molar refractivity (Wildman–Crippen MR) is 104 cm³/mol. The number of nitrogens with one attached hydrogen (secondary N) is 2. The number of hydrogen-bond donors (Lipinski definition) is 2. The number of sulfonamides is 1. The molecule has 6 nitrogen and oxygen atoms in total. The van der Waals surface area contributed by atoms with Crippen molar-refractivity contribution >= 4 is 26.8 Å². The number of aromatic nitrogens is 1. The van der Waals surface area contributed by atoms with Crippen molar-refractivity contribution in [2.75, 3.05) is 25.4 Å². The average Bonchev–Trinajstić information content (AvgIpc) is 3.21. The van der Waals surface area contributed by atoms with Gasteiger partial charge in [0.25, 0.3) is 0 Å². The molecule has 2 heterocycles. The number of amides is 1. The van der Waals surface area contributed by atoms with Crippen molar-refractivity contribution in [1.29, 1.82) is 0 Å². The fourth-order valence-corrected chi connectivity index (χ4v) is 5.10. The molecule has 0 atom stereocenters. The fraction of sp³-hybridized carbons (Fsp3) is 0.526. The van der Waals surface area contributed by atoms with Crippen LogP contribution in [0.4, 0.5) is 0 Å². The smallest absolute Gasteiger partial charge is 0.224 e. The monoisotopic (exact) mass is 377 g/mol. The minimum Gasteiger partial charge on any atom is -0.358 e. The summed E-state index contributed by atoms with van der Waals surface area (Å²) in [6.45, 7) is 7.41. The lowest BCUT2D eigenvalue weighted by molar-refractivity contribution is -0.120. The van der Waals surface area contributed by atoms with Crippen LogP contribution in [0.1, 0.15) is 35.2 Å². The summed E-state index contributed by atoms with van der Waals surface area (Å²) in [6, 6.07) is 4.13. The predicted octanol–water partition coefficient (Wildman–Crippen LogP) is 2.18. The molecule has 2 N–H and O–H groups in total. The Morgan fingerprint density at radius 2 is 1.81 bits per heavy atom. The second-order valence-electron chi connectivity index (χ2n) is 7.13. The first-order chi connectivity index (χ1) is 12.3. The second-order valence-corrected chi connectivity index (χ2v) is 9.22. The third kappa shape index (κ3) is 3.78. The first-order valence-corrected chi connectivity index (χ1v) is 10.7. The number of carbonyl (C=O) groups is 1. The second kappa shape index (κ2) is 7.40. The van der Waals surface area contributed by atoms with E-state index in [4.69, 9.17) is 0 Å². The van der Waals surface area contributed by atoms with Gasteiger partial charge in [-0.2, -0.15) is 0 Å². The highest BCUT2D eigenvalue weighted by atomic mass is 32.2. The van der Waals surface area contributed by atoms with Gasteiger partial charge < -0.3 is 10.3 Å². The number of carbonyl (C=O) groups excluding carboxylic acids is 1. The van der Waals surface area contributed by atoms with Gasteiger partial charge in [0.1, 0.15) is 0 Å². The molecular formula is C19H27N3O3S. The molecule has 26 heavy (non-hydrogen) atoms. The number of rotatable bonds is 6. The van der Waals surface area contributed by atoms with Gasteiger partial charge in [0, 0.05) is 36.2 Å². The summed E-state index contributed by atoms with van der Waals surface area (Å²) in [5, 5.41) is 3.87. The zero-order valence-electron chi connectivity index (χ0n) is 15.7. The summed E-state index contributed by atoms with van der Waals surface area (Å²) in [5.74, 6) is -0.185. The van der Waals surface area contributed by atoms with Crippen LogP contribution in [0.2, 0.25) is 0 Å². The Kier molecular flexibility index (Phi) is 5.39. The zero-order valence-corrected chi connectivity index (χ0v) is 16.5. The molecule has 1 aromatic carbocycles. The SMILES string of the molecule is Cc1[nH]c2c(C)ccc(C)c2c1CC(=O)NCCS(=O)(=O)N1CCCC1. The van der Waals surface area contributed by atoms with E-state index >= 15 is 0 Å². The average molecular weight is 378 g/mol. The molecule has 0 radical (unpaired) electrons. The minimum atomic E-state index is -3.26. The third-order valence-corrected chi connectivity index (χ3v) is 7.04. The lowest BCUT2D eigenvalue weighted by Gasteiger charge is -2.15. The van der Waals surface area contributed by atoms with Gasteiger partial charge >= 0.3 is 0 Å². The van der Waals surface area contributed by atoms with Crippen LogP contribution in [0, 0.1) is 20.8 Å². The molecule has 1 aliphatic heterocycles. The Bertz CT molecular complexity index is 925. The van der Waals surface area contributed by atoms with E-state index in [1.54, 1.807) is 0 Å². The standard InChI is InChI=1S/C19H27N3O3S/c1-13-6-7-14(2)19-18(13)16(15(3)21-19)12-17(23)20-8-11-26(24,25)22-9-4-5-10-22/h6-7,21H,4-5,8-12H2,1-3H3,(H,20,23). The van der Waals surface area contributed by atoms with Crippen LogP contribution >= 0.6 is 0 Å². The van der Waals surface area contributed by atoms with Gasteiger partial charge in [-0.1, -0.05) is 12.1 Å². The van der Waals surface area contributed by atoms with Crippen LogP contribution in [0.25, 0.3) is 10.9 Å². The first kappa shape index (κ1) is 18.9. The van der Waals surface area contributed by atoms with Crippen LogP contribution in [0.5, 0.6) is 0 Å². The molecular weight excluding hydrogens is 350 g/mol. The van der Waals surface area contributed by atoms with Gasteiger partial charge in [0.05, 0.1) is 12.2 Å². The van der Waals surface area contributed by atoms with E-state index in [1.165, 1.54) is 4.31 Å². The largest absolute Gasteiger partial charge is 0.358 e. The molecule has 1 aliphatic rings. The molecule has 2 aromatic rings. The minimum absolute atomic E-state index is 0.0380. The lowest BCUT2D eigenvalue weighted by atomic mass is 10.0. The molecule has 1 saturated heterocycles. The van der Waals surface area contributed by atoms with Crippen molar-refractivity contribution in [3.05, 3.63) is 34.5 Å². The Labute approximate surface area is 155 Å². The summed E-state index contributed by atoms with van der Waals surface area (Å²) in [6.07, 6.45) is 2.09. The van der Waals surface area contributed by atoms with Gasteiger partial charge in [0.15, 0.2) is 0 Å². The van der Waals surface area contributed by atoms with Gasteiger partial charge in [0.2, 0.25) is 15.9 Å². The molecule has 1 amide bonds. The zero-order chi connectivity index (χ0) is 18.9. The van der Waals surface area contributed by atoms with E-state index in [1.807, 2.05) is 20.8 Å². The number of fused-ring (bicyclic) bond motifs is 1. The van der Waals surface area contributed by atoms with Gasteiger partial charge in [-0.05, 0) is 50.3 Å². The number of hydrogen-bond acceptors (Lipinski definition) is 3. The molecule has 1 fully saturated rings. The van der Waals surface area contributed by atoms with Crippen LogP contribution in [0.15, 0.2) is 12.1 Å². The summed E-state index contributed by atoms with van der Waals surface area (Å²) in [7, 11) is -3.26. The molecule has 0 bridgehead atoms. The number of benzene rings is 1. The maximum absolute atomic E-state index is 12.4. The van der Waals surface area contributed by atoms with Crippen molar-refractivity contribution < 1.29 is 13.2 Å². The fourth-order valence-electron chi connectivity index (χ4n) is 3.67. The quantitative estimate of drug-likeness (QED) is 0.809. The number of aromatic amines is 1. The highest BCUT2D eigenvalue weighted by Crippen LogP contribution is 2.28. The van der Waals surface area contributed by atoms with Crippen molar-refractivity contribution in [2.45, 2.75) is 40.0 Å². The maximum atomic E-state index is 12.4. The van der Waals surface area contributed by atoms with Crippen molar-refractivity contribution in [1.82, 2.24) is 14.6 Å². The van der Waals surface area contributed by atoms with Crippen LogP contribution in [-0.2, 0) is 21.2 Å². The highest BCUT2D eigenvalue weighted by Gasteiger charge is 2.25. The molecule has 0 unspecified atom stereocenters.